The maximum atomic E-state index is 6.07. The lowest BCUT2D eigenvalue weighted by atomic mass is 9.91. The maximum Gasteiger partial charge on any atom is 0.213 e. The van der Waals surface area contributed by atoms with Crippen LogP contribution in [0.15, 0.2) is 71.5 Å². The van der Waals surface area contributed by atoms with Gasteiger partial charge in [0.05, 0.1) is 12.0 Å². The number of para-hydroxylation sites is 1. The molecule has 3 aromatic heterocycles. The molecule has 8 heteroatoms. The quantitative estimate of drug-likeness (QED) is 0.430. The fourth-order valence-electron chi connectivity index (χ4n) is 5.15. The highest BCUT2D eigenvalue weighted by atomic mass is 16.5. The minimum absolute atomic E-state index is 0.526. The number of nitrogens with one attached hydrogen (secondary N) is 1. The fourth-order valence-corrected chi connectivity index (χ4v) is 5.15. The average molecular weight is 471 g/mol. The van der Waals surface area contributed by atoms with Crippen LogP contribution >= 0.6 is 0 Å². The second-order valence-corrected chi connectivity index (χ2v) is 9.42. The first-order valence-corrected chi connectivity index (χ1v) is 12.4. The summed E-state index contributed by atoms with van der Waals surface area (Å²) >= 11 is 0. The third-order valence-electron chi connectivity index (χ3n) is 7.07. The Morgan fingerprint density at radius 3 is 2.80 bits per heavy atom. The minimum atomic E-state index is 0.526. The third kappa shape index (κ3) is 4.93. The Labute approximate surface area is 204 Å². The number of hydrogen-bond donors (Lipinski definition) is 1. The van der Waals surface area contributed by atoms with E-state index in [1.54, 1.807) is 6.20 Å². The Kier molecular flexibility index (Phi) is 6.19. The number of aromatic nitrogens is 3. The number of benzene rings is 1. The van der Waals surface area contributed by atoms with Crippen molar-refractivity contribution in [3.05, 3.63) is 72.6 Å². The van der Waals surface area contributed by atoms with Crippen LogP contribution in [0.1, 0.15) is 18.4 Å². The molecule has 0 radical (unpaired) electrons. The zero-order valence-corrected chi connectivity index (χ0v) is 19.7. The van der Waals surface area contributed by atoms with Crippen molar-refractivity contribution in [2.75, 3.05) is 43.0 Å². The highest BCUT2D eigenvalue weighted by Gasteiger charge is 2.34. The van der Waals surface area contributed by atoms with Gasteiger partial charge in [-0.25, -0.2) is 9.97 Å². The van der Waals surface area contributed by atoms with Crippen LogP contribution in [0, 0.1) is 5.92 Å². The van der Waals surface area contributed by atoms with Gasteiger partial charge in [0, 0.05) is 63.1 Å². The van der Waals surface area contributed by atoms with Crippen molar-refractivity contribution in [2.24, 2.45) is 5.92 Å². The fraction of sp³-hybridized carbons (Fsp3) is 0.370. The van der Waals surface area contributed by atoms with E-state index >= 15 is 0 Å². The predicted octanol–water partition coefficient (Wildman–Crippen LogP) is 4.21. The zero-order chi connectivity index (χ0) is 23.5. The Hall–Kier alpha value is -3.65. The van der Waals surface area contributed by atoms with Gasteiger partial charge in [0.2, 0.25) is 5.88 Å². The van der Waals surface area contributed by atoms with E-state index in [2.05, 4.69) is 42.4 Å². The average Bonchev–Trinajstić information content (AvgIpc) is 3.36. The molecule has 1 aromatic carbocycles. The van der Waals surface area contributed by atoms with Gasteiger partial charge in [0.1, 0.15) is 5.82 Å². The summed E-state index contributed by atoms with van der Waals surface area (Å²) < 4.78 is 11.6. The van der Waals surface area contributed by atoms with Crippen LogP contribution in [0.25, 0.3) is 11.0 Å². The Balaban J connectivity index is 0.981. The molecule has 2 fully saturated rings. The molecule has 180 valence electrons. The molecular weight excluding hydrogens is 440 g/mol. The lowest BCUT2D eigenvalue weighted by Crippen LogP contribution is -2.57. The summed E-state index contributed by atoms with van der Waals surface area (Å²) in [6.07, 6.45) is 5.99. The van der Waals surface area contributed by atoms with E-state index < -0.39 is 0 Å². The molecule has 2 aliphatic rings. The van der Waals surface area contributed by atoms with Gasteiger partial charge in [-0.15, -0.1) is 0 Å². The van der Waals surface area contributed by atoms with Crippen LogP contribution in [0.5, 0.6) is 5.88 Å². The van der Waals surface area contributed by atoms with Crippen molar-refractivity contribution < 1.29 is 9.26 Å². The molecule has 8 nitrogen and oxygen atoms in total. The molecule has 0 spiro atoms. The SMILES string of the molecule is c1ccc(NCc2ccc(OC[C@@H]3CC[C@@H]4CN(c5noc6ccccc56)CCN4C3)nc2)nc1. The summed E-state index contributed by atoms with van der Waals surface area (Å²) in [5.74, 6) is 3.06. The van der Waals surface area contributed by atoms with Crippen molar-refractivity contribution in [1.29, 1.82) is 0 Å². The third-order valence-corrected chi connectivity index (χ3v) is 7.07. The van der Waals surface area contributed by atoms with Gasteiger partial charge in [-0.3, -0.25) is 4.90 Å². The Bertz CT molecular complexity index is 1250. The minimum Gasteiger partial charge on any atom is -0.477 e. The van der Waals surface area contributed by atoms with Crippen LogP contribution in [0.3, 0.4) is 0 Å². The summed E-state index contributed by atoms with van der Waals surface area (Å²) in [6, 6.07) is 18.5. The molecular formula is C27H30N6O2. The first-order valence-electron chi connectivity index (χ1n) is 12.4. The number of hydrogen-bond acceptors (Lipinski definition) is 8. The number of piperazine rings is 1. The highest BCUT2D eigenvalue weighted by molar-refractivity contribution is 5.88. The van der Waals surface area contributed by atoms with Gasteiger partial charge in [-0.1, -0.05) is 29.4 Å². The maximum absolute atomic E-state index is 6.07. The van der Waals surface area contributed by atoms with E-state index in [0.717, 1.165) is 54.3 Å². The van der Waals surface area contributed by atoms with E-state index in [0.29, 0.717) is 31.0 Å². The normalized spacial score (nSPS) is 20.5. The first-order chi connectivity index (χ1) is 17.3. The molecule has 0 saturated carbocycles. The number of piperidine rings is 1. The molecule has 0 unspecified atom stereocenters. The van der Waals surface area contributed by atoms with Crippen LogP contribution < -0.4 is 15.0 Å². The summed E-state index contributed by atoms with van der Waals surface area (Å²) in [4.78, 5) is 13.8. The van der Waals surface area contributed by atoms with Crippen LogP contribution in [-0.4, -0.2) is 58.9 Å². The number of nitrogens with zero attached hydrogens (tertiary/aromatic N) is 5. The molecule has 4 aromatic rings. The lowest BCUT2D eigenvalue weighted by Gasteiger charge is -2.46. The predicted molar refractivity (Wildman–Crippen MR) is 136 cm³/mol. The number of ether oxygens (including phenoxy) is 1. The van der Waals surface area contributed by atoms with Gasteiger partial charge >= 0.3 is 0 Å². The summed E-state index contributed by atoms with van der Waals surface area (Å²) in [5.41, 5.74) is 1.96. The van der Waals surface area contributed by atoms with Gasteiger partial charge in [0.25, 0.3) is 0 Å². The first kappa shape index (κ1) is 21.9. The molecule has 0 amide bonds. The second kappa shape index (κ2) is 9.92. The van der Waals surface area contributed by atoms with E-state index in [1.165, 1.54) is 12.8 Å². The summed E-state index contributed by atoms with van der Waals surface area (Å²) in [7, 11) is 0. The number of rotatable bonds is 7. The Morgan fingerprint density at radius 1 is 0.971 bits per heavy atom. The van der Waals surface area contributed by atoms with Gasteiger partial charge < -0.3 is 19.5 Å². The molecule has 0 bridgehead atoms. The standard InChI is InChI=1S/C27H30N6O2/c1-2-6-24-23(5-1)27(31-35-24)33-14-13-32-17-21(8-10-22(32)18-33)19-34-26-11-9-20(16-30-26)15-29-25-7-3-4-12-28-25/h1-7,9,11-12,16,21-22H,8,10,13-15,17-19H2,(H,28,29)/t21-,22-/m1/s1. The molecule has 5 heterocycles. The van der Waals surface area contributed by atoms with Gasteiger partial charge in [-0.05, 0) is 42.7 Å². The van der Waals surface area contributed by atoms with Crippen molar-refractivity contribution in [3.8, 4) is 5.88 Å². The largest absolute Gasteiger partial charge is 0.477 e. The van der Waals surface area contributed by atoms with Crippen molar-refractivity contribution in [3.63, 3.8) is 0 Å². The molecule has 35 heavy (non-hydrogen) atoms. The molecule has 1 N–H and O–H groups in total. The van der Waals surface area contributed by atoms with Crippen LogP contribution in [0.4, 0.5) is 11.6 Å². The molecule has 2 saturated heterocycles. The molecule has 2 aliphatic heterocycles. The van der Waals surface area contributed by atoms with Gasteiger partial charge in [0.15, 0.2) is 11.4 Å². The monoisotopic (exact) mass is 470 g/mol. The van der Waals surface area contributed by atoms with E-state index in [4.69, 9.17) is 9.26 Å². The zero-order valence-electron chi connectivity index (χ0n) is 19.7. The van der Waals surface area contributed by atoms with Crippen molar-refractivity contribution in [1.82, 2.24) is 20.0 Å². The summed E-state index contributed by atoms with van der Waals surface area (Å²) in [6.45, 7) is 5.47. The smallest absolute Gasteiger partial charge is 0.213 e. The van der Waals surface area contributed by atoms with E-state index in [-0.39, 0.29) is 0 Å². The van der Waals surface area contributed by atoms with Crippen molar-refractivity contribution >= 4 is 22.6 Å². The van der Waals surface area contributed by atoms with Crippen LogP contribution in [0.2, 0.25) is 0 Å². The molecule has 0 aliphatic carbocycles. The number of pyridine rings is 2. The topological polar surface area (TPSA) is 79.5 Å². The molecule has 2 atom stereocenters. The number of anilines is 2. The number of fused-ring (bicyclic) bond motifs is 2. The molecule has 6 rings (SSSR count). The van der Waals surface area contributed by atoms with E-state index in [1.807, 2.05) is 48.7 Å². The van der Waals surface area contributed by atoms with Gasteiger partial charge in [-0.2, -0.15) is 0 Å². The highest BCUT2D eigenvalue weighted by Crippen LogP contribution is 2.31. The Morgan fingerprint density at radius 2 is 1.91 bits per heavy atom. The van der Waals surface area contributed by atoms with Crippen LogP contribution in [-0.2, 0) is 6.54 Å². The second-order valence-electron chi connectivity index (χ2n) is 9.42. The summed E-state index contributed by atoms with van der Waals surface area (Å²) in [5, 5.41) is 8.77. The van der Waals surface area contributed by atoms with E-state index in [9.17, 15) is 0 Å². The van der Waals surface area contributed by atoms with Crippen molar-refractivity contribution in [2.45, 2.75) is 25.4 Å². The lowest BCUT2D eigenvalue weighted by molar-refractivity contribution is 0.0717.